The van der Waals surface area contributed by atoms with Crippen LogP contribution in [0.3, 0.4) is 0 Å². The average molecular weight is 205 g/mol. The fraction of sp³-hybridized carbons (Fsp3) is 0.538. The Balaban J connectivity index is 2.09. The van der Waals surface area contributed by atoms with Crippen LogP contribution in [-0.2, 0) is 6.42 Å². The molecule has 2 heteroatoms. The van der Waals surface area contributed by atoms with Gasteiger partial charge in [-0.25, -0.2) is 0 Å². The summed E-state index contributed by atoms with van der Waals surface area (Å²) in [6.45, 7) is 3.70. The summed E-state index contributed by atoms with van der Waals surface area (Å²) >= 11 is 0. The molecule has 15 heavy (non-hydrogen) atoms. The first-order chi connectivity index (χ1) is 7.31. The molecule has 1 heterocycles. The first-order valence-corrected chi connectivity index (χ1v) is 5.77. The van der Waals surface area contributed by atoms with Crippen LogP contribution in [0.1, 0.15) is 25.3 Å². The molecule has 1 N–H and O–H groups in total. The van der Waals surface area contributed by atoms with Crippen LogP contribution in [0.4, 0.5) is 5.69 Å². The van der Waals surface area contributed by atoms with Crippen molar-refractivity contribution in [1.82, 2.24) is 0 Å². The van der Waals surface area contributed by atoms with E-state index in [0.717, 1.165) is 6.42 Å². The molecule has 82 valence electrons. The smallest absolute Gasteiger partial charge is 0.0471 e. The first kappa shape index (κ1) is 10.5. The Bertz CT molecular complexity index is 307. The Morgan fingerprint density at radius 2 is 2.07 bits per heavy atom. The fourth-order valence-electron chi connectivity index (χ4n) is 2.30. The summed E-state index contributed by atoms with van der Waals surface area (Å²) in [5, 5.41) is 8.83. The number of rotatable bonds is 3. The van der Waals surface area contributed by atoms with Crippen molar-refractivity contribution in [3.63, 3.8) is 0 Å². The third kappa shape index (κ3) is 2.32. The Hall–Kier alpha value is -1.02. The Kier molecular flexibility index (Phi) is 3.27. The molecule has 2 nitrogen and oxygen atoms in total. The zero-order valence-corrected chi connectivity index (χ0v) is 9.32. The third-order valence-electron chi connectivity index (χ3n) is 3.22. The summed E-state index contributed by atoms with van der Waals surface area (Å²) < 4.78 is 0. The summed E-state index contributed by atoms with van der Waals surface area (Å²) in [6, 6.07) is 9.26. The second-order valence-electron chi connectivity index (χ2n) is 4.32. The molecule has 1 aliphatic rings. The van der Waals surface area contributed by atoms with E-state index in [2.05, 4.69) is 36.1 Å². The number of benzene rings is 1. The molecular weight excluding hydrogens is 186 g/mol. The van der Waals surface area contributed by atoms with E-state index in [9.17, 15) is 0 Å². The Morgan fingerprint density at radius 3 is 2.60 bits per heavy atom. The number of aliphatic hydroxyl groups is 1. The number of hydrogen-bond donors (Lipinski definition) is 1. The van der Waals surface area contributed by atoms with Crippen LogP contribution in [0, 0.1) is 0 Å². The molecule has 0 bridgehead atoms. The van der Waals surface area contributed by atoms with Gasteiger partial charge in [0.2, 0.25) is 0 Å². The highest BCUT2D eigenvalue weighted by molar-refractivity contribution is 5.49. The van der Waals surface area contributed by atoms with E-state index in [0.29, 0.717) is 6.04 Å². The van der Waals surface area contributed by atoms with Crippen molar-refractivity contribution >= 4 is 5.69 Å². The second kappa shape index (κ2) is 4.67. The number of nitrogens with zero attached hydrogens (tertiary/aromatic N) is 1. The summed E-state index contributed by atoms with van der Waals surface area (Å²) in [4.78, 5) is 2.46. The zero-order valence-electron chi connectivity index (χ0n) is 9.32. The molecule has 2 rings (SSSR count). The lowest BCUT2D eigenvalue weighted by Gasteiger charge is -2.23. The Morgan fingerprint density at radius 1 is 1.33 bits per heavy atom. The van der Waals surface area contributed by atoms with Crippen LogP contribution in [0.5, 0.6) is 0 Å². The van der Waals surface area contributed by atoms with Gasteiger partial charge in [-0.3, -0.25) is 0 Å². The van der Waals surface area contributed by atoms with Gasteiger partial charge in [-0.05, 0) is 43.9 Å². The van der Waals surface area contributed by atoms with Crippen LogP contribution in [-0.4, -0.2) is 24.3 Å². The lowest BCUT2D eigenvalue weighted by Crippen LogP contribution is -2.26. The van der Waals surface area contributed by atoms with E-state index in [4.69, 9.17) is 5.11 Å². The van der Waals surface area contributed by atoms with Crippen molar-refractivity contribution in [2.45, 2.75) is 32.2 Å². The molecule has 0 amide bonds. The van der Waals surface area contributed by atoms with E-state index >= 15 is 0 Å². The molecule has 1 saturated heterocycles. The van der Waals surface area contributed by atoms with Gasteiger partial charge in [0.1, 0.15) is 0 Å². The monoisotopic (exact) mass is 205 g/mol. The quantitative estimate of drug-likeness (QED) is 0.817. The predicted molar refractivity (Wildman–Crippen MR) is 63.3 cm³/mol. The van der Waals surface area contributed by atoms with Crippen LogP contribution in [0.15, 0.2) is 24.3 Å². The molecule has 1 aliphatic heterocycles. The normalized spacial score (nSPS) is 20.9. The molecule has 0 radical (unpaired) electrons. The SMILES string of the molecule is CC1CCCN1c1ccc(CCO)cc1. The van der Waals surface area contributed by atoms with Gasteiger partial charge in [0.05, 0.1) is 0 Å². The minimum absolute atomic E-state index is 0.236. The van der Waals surface area contributed by atoms with Gasteiger partial charge in [-0.1, -0.05) is 12.1 Å². The van der Waals surface area contributed by atoms with E-state index in [-0.39, 0.29) is 6.61 Å². The number of aliphatic hydroxyl groups excluding tert-OH is 1. The highest BCUT2D eigenvalue weighted by Gasteiger charge is 2.19. The Labute approximate surface area is 91.5 Å². The van der Waals surface area contributed by atoms with Crippen molar-refractivity contribution in [3.8, 4) is 0 Å². The van der Waals surface area contributed by atoms with E-state index in [1.807, 2.05) is 0 Å². The summed E-state index contributed by atoms with van der Waals surface area (Å²) in [6.07, 6.45) is 3.37. The third-order valence-corrected chi connectivity index (χ3v) is 3.22. The highest BCUT2D eigenvalue weighted by atomic mass is 16.2. The number of anilines is 1. The molecule has 1 unspecified atom stereocenters. The van der Waals surface area contributed by atoms with Gasteiger partial charge in [0.25, 0.3) is 0 Å². The van der Waals surface area contributed by atoms with Crippen molar-refractivity contribution in [2.24, 2.45) is 0 Å². The molecule has 1 aromatic carbocycles. The minimum Gasteiger partial charge on any atom is -0.396 e. The molecule has 0 spiro atoms. The molecule has 0 aliphatic carbocycles. The van der Waals surface area contributed by atoms with Crippen LogP contribution in [0.25, 0.3) is 0 Å². The maximum absolute atomic E-state index is 8.83. The van der Waals surface area contributed by atoms with Gasteiger partial charge in [0, 0.05) is 24.9 Å². The number of hydrogen-bond acceptors (Lipinski definition) is 2. The largest absolute Gasteiger partial charge is 0.396 e. The maximum atomic E-state index is 8.83. The van der Waals surface area contributed by atoms with E-state index in [1.165, 1.54) is 30.6 Å². The topological polar surface area (TPSA) is 23.5 Å². The van der Waals surface area contributed by atoms with Crippen LogP contribution < -0.4 is 4.90 Å². The molecule has 0 aromatic heterocycles. The summed E-state index contributed by atoms with van der Waals surface area (Å²) in [5.74, 6) is 0. The summed E-state index contributed by atoms with van der Waals surface area (Å²) in [5.41, 5.74) is 2.54. The molecule has 0 saturated carbocycles. The summed E-state index contributed by atoms with van der Waals surface area (Å²) in [7, 11) is 0. The molecule has 1 atom stereocenters. The minimum atomic E-state index is 0.236. The second-order valence-corrected chi connectivity index (χ2v) is 4.32. The van der Waals surface area contributed by atoms with Crippen LogP contribution in [0.2, 0.25) is 0 Å². The van der Waals surface area contributed by atoms with Gasteiger partial charge < -0.3 is 10.0 Å². The lowest BCUT2D eigenvalue weighted by atomic mass is 10.1. The zero-order chi connectivity index (χ0) is 10.7. The van der Waals surface area contributed by atoms with Crippen molar-refractivity contribution < 1.29 is 5.11 Å². The predicted octanol–water partition coefficient (Wildman–Crippen LogP) is 2.21. The van der Waals surface area contributed by atoms with Gasteiger partial charge in [-0.2, -0.15) is 0 Å². The standard InChI is InChI=1S/C13H19NO/c1-11-3-2-9-14(11)13-6-4-12(5-7-13)8-10-15/h4-7,11,15H,2-3,8-10H2,1H3. The highest BCUT2D eigenvalue weighted by Crippen LogP contribution is 2.25. The molecular formula is C13H19NO. The van der Waals surface area contributed by atoms with Crippen molar-refractivity contribution in [1.29, 1.82) is 0 Å². The van der Waals surface area contributed by atoms with Gasteiger partial charge in [-0.15, -0.1) is 0 Å². The van der Waals surface area contributed by atoms with Crippen molar-refractivity contribution in [2.75, 3.05) is 18.1 Å². The maximum Gasteiger partial charge on any atom is 0.0471 e. The fourth-order valence-corrected chi connectivity index (χ4v) is 2.30. The lowest BCUT2D eigenvalue weighted by molar-refractivity contribution is 0.299. The molecule has 1 fully saturated rings. The van der Waals surface area contributed by atoms with E-state index in [1.54, 1.807) is 0 Å². The van der Waals surface area contributed by atoms with Gasteiger partial charge >= 0.3 is 0 Å². The van der Waals surface area contributed by atoms with Crippen molar-refractivity contribution in [3.05, 3.63) is 29.8 Å². The average Bonchev–Trinajstić information content (AvgIpc) is 2.66. The van der Waals surface area contributed by atoms with E-state index < -0.39 is 0 Å². The first-order valence-electron chi connectivity index (χ1n) is 5.77. The van der Waals surface area contributed by atoms with Crippen LogP contribution >= 0.6 is 0 Å². The molecule has 1 aromatic rings. The van der Waals surface area contributed by atoms with Gasteiger partial charge in [0.15, 0.2) is 0 Å².